The molecule has 0 aliphatic heterocycles. The van der Waals surface area contributed by atoms with Crippen LogP contribution in [0, 0.1) is 0 Å². The highest BCUT2D eigenvalue weighted by Crippen LogP contribution is 2.39. The summed E-state index contributed by atoms with van der Waals surface area (Å²) in [5.41, 5.74) is 5.45. The molecule has 120 valence electrons. The van der Waals surface area contributed by atoms with Crippen molar-refractivity contribution in [3.05, 3.63) is 71.2 Å². The number of furan rings is 1. The molecule has 0 amide bonds. The van der Waals surface area contributed by atoms with E-state index < -0.39 is 0 Å². The minimum absolute atomic E-state index is 0.150. The molecule has 3 aromatic carbocycles. The smallest absolute Gasteiger partial charge is 0.143 e. The topological polar surface area (TPSA) is 13.1 Å². The van der Waals surface area contributed by atoms with Crippen molar-refractivity contribution in [2.45, 2.75) is 26.2 Å². The lowest BCUT2D eigenvalue weighted by Crippen LogP contribution is -2.10. The maximum Gasteiger partial charge on any atom is 0.143 e. The molecule has 4 rings (SSSR count). The second-order valence-corrected chi connectivity index (χ2v) is 7.63. The summed E-state index contributed by atoms with van der Waals surface area (Å²) >= 11 is 6.39. The van der Waals surface area contributed by atoms with E-state index in [9.17, 15) is 0 Å². The van der Waals surface area contributed by atoms with Crippen molar-refractivity contribution < 1.29 is 4.42 Å². The summed E-state index contributed by atoms with van der Waals surface area (Å²) < 4.78 is 6.13. The Morgan fingerprint density at radius 3 is 2.25 bits per heavy atom. The number of fused-ring (bicyclic) bond motifs is 3. The Morgan fingerprint density at radius 2 is 1.54 bits per heavy atom. The van der Waals surface area contributed by atoms with E-state index in [1.165, 1.54) is 5.56 Å². The summed E-state index contributed by atoms with van der Waals surface area (Å²) in [6.45, 7) is 6.68. The lowest BCUT2D eigenvalue weighted by Gasteiger charge is -2.19. The highest BCUT2D eigenvalue weighted by atomic mass is 35.5. The van der Waals surface area contributed by atoms with Crippen molar-refractivity contribution in [1.29, 1.82) is 0 Å². The van der Waals surface area contributed by atoms with Gasteiger partial charge in [-0.3, -0.25) is 0 Å². The number of para-hydroxylation sites is 1. The van der Waals surface area contributed by atoms with E-state index in [2.05, 4.69) is 63.2 Å². The van der Waals surface area contributed by atoms with Gasteiger partial charge >= 0.3 is 0 Å². The first-order chi connectivity index (χ1) is 11.4. The van der Waals surface area contributed by atoms with E-state index >= 15 is 0 Å². The van der Waals surface area contributed by atoms with Gasteiger partial charge in [0.05, 0.1) is 5.02 Å². The van der Waals surface area contributed by atoms with Gasteiger partial charge in [-0.25, -0.2) is 0 Å². The average molecular weight is 335 g/mol. The van der Waals surface area contributed by atoms with Gasteiger partial charge in [0.25, 0.3) is 0 Å². The molecule has 24 heavy (non-hydrogen) atoms. The number of benzene rings is 3. The molecule has 1 aromatic heterocycles. The van der Waals surface area contributed by atoms with E-state index in [4.69, 9.17) is 16.0 Å². The van der Waals surface area contributed by atoms with Crippen LogP contribution in [0.15, 0.2) is 65.1 Å². The second kappa shape index (κ2) is 5.39. The second-order valence-electron chi connectivity index (χ2n) is 7.22. The Balaban J connectivity index is 1.94. The Morgan fingerprint density at radius 1 is 0.833 bits per heavy atom. The van der Waals surface area contributed by atoms with E-state index in [1.54, 1.807) is 0 Å². The zero-order chi connectivity index (χ0) is 16.9. The summed E-state index contributed by atoms with van der Waals surface area (Å²) in [6, 6.07) is 20.8. The van der Waals surface area contributed by atoms with Crippen LogP contribution in [-0.4, -0.2) is 0 Å². The fourth-order valence-electron chi connectivity index (χ4n) is 3.18. The Hall–Kier alpha value is -2.25. The van der Waals surface area contributed by atoms with Crippen LogP contribution in [0.4, 0.5) is 0 Å². The number of rotatable bonds is 1. The zero-order valence-corrected chi connectivity index (χ0v) is 14.8. The number of hydrogen-bond acceptors (Lipinski definition) is 1. The third-order valence-corrected chi connectivity index (χ3v) is 4.85. The predicted molar refractivity (Wildman–Crippen MR) is 103 cm³/mol. The lowest BCUT2D eigenvalue weighted by atomic mass is 9.86. The Bertz CT molecular complexity index is 1030. The molecule has 4 aromatic rings. The van der Waals surface area contributed by atoms with Gasteiger partial charge in [-0.1, -0.05) is 80.9 Å². The molecule has 0 radical (unpaired) electrons. The molecule has 0 saturated carbocycles. The van der Waals surface area contributed by atoms with Crippen LogP contribution in [0.3, 0.4) is 0 Å². The average Bonchev–Trinajstić information content (AvgIpc) is 2.94. The molecule has 1 nitrogen and oxygen atoms in total. The highest BCUT2D eigenvalue weighted by molar-refractivity contribution is 6.37. The van der Waals surface area contributed by atoms with Crippen LogP contribution in [0.2, 0.25) is 5.02 Å². The van der Waals surface area contributed by atoms with E-state index in [0.717, 1.165) is 38.1 Å². The van der Waals surface area contributed by atoms with Gasteiger partial charge in [-0.05, 0) is 28.7 Å². The molecule has 1 heterocycles. The van der Waals surface area contributed by atoms with Crippen molar-refractivity contribution >= 4 is 33.5 Å². The molecule has 0 N–H and O–H groups in total. The third kappa shape index (κ3) is 2.40. The van der Waals surface area contributed by atoms with Gasteiger partial charge in [-0.15, -0.1) is 0 Å². The van der Waals surface area contributed by atoms with Crippen molar-refractivity contribution in [2.75, 3.05) is 0 Å². The molecule has 0 saturated heterocycles. The Kier molecular flexibility index (Phi) is 3.43. The van der Waals surface area contributed by atoms with Gasteiger partial charge in [0.1, 0.15) is 11.2 Å². The molecule has 0 fully saturated rings. The largest absolute Gasteiger partial charge is 0.455 e. The van der Waals surface area contributed by atoms with Gasteiger partial charge < -0.3 is 4.42 Å². The first-order valence-electron chi connectivity index (χ1n) is 8.16. The summed E-state index contributed by atoms with van der Waals surface area (Å²) in [5, 5.41) is 2.78. The Labute approximate surface area is 146 Å². The fourth-order valence-corrected chi connectivity index (χ4v) is 3.45. The van der Waals surface area contributed by atoms with Crippen LogP contribution in [0.5, 0.6) is 0 Å². The van der Waals surface area contributed by atoms with Crippen LogP contribution in [0.25, 0.3) is 33.1 Å². The van der Waals surface area contributed by atoms with Gasteiger partial charge in [-0.2, -0.15) is 0 Å². The van der Waals surface area contributed by atoms with Gasteiger partial charge in [0, 0.05) is 16.3 Å². The first-order valence-corrected chi connectivity index (χ1v) is 8.53. The predicted octanol–water partition coefficient (Wildman–Crippen LogP) is 7.20. The van der Waals surface area contributed by atoms with Crippen LogP contribution in [0.1, 0.15) is 26.3 Å². The van der Waals surface area contributed by atoms with Crippen molar-refractivity contribution in [3.8, 4) is 11.1 Å². The fraction of sp³-hybridized carbons (Fsp3) is 0.182. The van der Waals surface area contributed by atoms with E-state index in [0.29, 0.717) is 0 Å². The lowest BCUT2D eigenvalue weighted by molar-refractivity contribution is 0.590. The molecule has 0 bridgehead atoms. The molecule has 0 aliphatic carbocycles. The summed E-state index contributed by atoms with van der Waals surface area (Å²) in [6.07, 6.45) is 0. The molecule has 0 atom stereocenters. The summed E-state index contributed by atoms with van der Waals surface area (Å²) in [5.74, 6) is 0. The van der Waals surface area contributed by atoms with E-state index in [-0.39, 0.29) is 5.41 Å². The molecule has 2 heteroatoms. The molecule has 0 aliphatic rings. The monoisotopic (exact) mass is 334 g/mol. The minimum Gasteiger partial charge on any atom is -0.455 e. The normalized spacial score (nSPS) is 12.2. The molecule has 0 unspecified atom stereocenters. The minimum atomic E-state index is 0.150. The first kappa shape index (κ1) is 15.3. The van der Waals surface area contributed by atoms with Gasteiger partial charge in [0.2, 0.25) is 0 Å². The van der Waals surface area contributed by atoms with Crippen molar-refractivity contribution in [2.24, 2.45) is 0 Å². The molecular formula is C22H19ClO. The van der Waals surface area contributed by atoms with Crippen LogP contribution >= 0.6 is 11.6 Å². The van der Waals surface area contributed by atoms with Crippen molar-refractivity contribution in [3.63, 3.8) is 0 Å². The highest BCUT2D eigenvalue weighted by Gasteiger charge is 2.16. The third-order valence-electron chi connectivity index (χ3n) is 4.53. The maximum atomic E-state index is 6.39. The van der Waals surface area contributed by atoms with Crippen molar-refractivity contribution in [1.82, 2.24) is 0 Å². The molecular weight excluding hydrogens is 316 g/mol. The van der Waals surface area contributed by atoms with Crippen LogP contribution in [-0.2, 0) is 5.41 Å². The zero-order valence-electron chi connectivity index (χ0n) is 14.1. The van der Waals surface area contributed by atoms with Gasteiger partial charge in [0.15, 0.2) is 0 Å². The maximum absolute atomic E-state index is 6.39. The summed E-state index contributed by atoms with van der Waals surface area (Å²) in [7, 11) is 0. The summed E-state index contributed by atoms with van der Waals surface area (Å²) in [4.78, 5) is 0. The van der Waals surface area contributed by atoms with E-state index in [1.807, 2.05) is 18.2 Å². The quantitative estimate of drug-likeness (QED) is 0.358. The van der Waals surface area contributed by atoms with Crippen LogP contribution < -0.4 is 0 Å². The number of hydrogen-bond donors (Lipinski definition) is 0. The SMILES string of the molecule is CC(C)(C)c1ccc(-c2cccc3c2oc2cccc(Cl)c23)cc1. The number of halogens is 1. The molecule has 0 spiro atoms. The standard InChI is InChI=1S/C22H19ClO/c1-22(2,3)15-12-10-14(11-13-15)16-6-4-7-17-20-18(23)8-5-9-19(20)24-21(16)17/h4-13H,1-3H3.